The van der Waals surface area contributed by atoms with E-state index in [1.807, 2.05) is 11.3 Å². The van der Waals surface area contributed by atoms with Crippen LogP contribution in [-0.2, 0) is 6.54 Å². The van der Waals surface area contributed by atoms with Gasteiger partial charge in [-0.3, -0.25) is 0 Å². The average molecular weight is 298 g/mol. The number of nitrogens with one attached hydrogen (secondary N) is 1. The van der Waals surface area contributed by atoms with Crippen molar-refractivity contribution < 1.29 is 0 Å². The van der Waals surface area contributed by atoms with Crippen LogP contribution in [0.5, 0.6) is 0 Å². The Morgan fingerprint density at radius 3 is 2.78 bits per heavy atom. The van der Waals surface area contributed by atoms with Gasteiger partial charge in [-0.25, -0.2) is 0 Å². The van der Waals surface area contributed by atoms with E-state index in [0.717, 1.165) is 11.6 Å². The monoisotopic (exact) mass is 297 g/mol. The summed E-state index contributed by atoms with van der Waals surface area (Å²) in [6, 6.07) is 9.05. The van der Waals surface area contributed by atoms with Crippen molar-refractivity contribution in [3.8, 4) is 0 Å². The van der Waals surface area contributed by atoms with Gasteiger partial charge in [0.15, 0.2) is 0 Å². The van der Waals surface area contributed by atoms with Gasteiger partial charge in [0.2, 0.25) is 0 Å². The fourth-order valence-corrected chi connectivity index (χ4v) is 4.87. The number of thioether (sulfide) groups is 1. The third-order valence-corrected chi connectivity index (χ3v) is 6.14. The largest absolute Gasteiger partial charge is 0.309 e. The first-order chi connectivity index (χ1) is 8.84. The summed E-state index contributed by atoms with van der Waals surface area (Å²) in [6.07, 6.45) is 2.57. The summed E-state index contributed by atoms with van der Waals surface area (Å²) in [4.78, 5) is 1.27. The molecule has 1 fully saturated rings. The van der Waals surface area contributed by atoms with Crippen molar-refractivity contribution in [2.75, 3.05) is 11.5 Å². The lowest BCUT2D eigenvalue weighted by molar-refractivity contribution is 0.484. The van der Waals surface area contributed by atoms with Gasteiger partial charge in [0.25, 0.3) is 0 Å². The lowest BCUT2D eigenvalue weighted by Crippen LogP contribution is -2.31. The molecule has 1 aliphatic heterocycles. The molecule has 1 N–H and O–H groups in total. The average Bonchev–Trinajstić information content (AvgIpc) is 2.75. The maximum Gasteiger partial charge on any atom is 0.0636 e. The lowest BCUT2D eigenvalue weighted by atomic mass is 10.1. The highest BCUT2D eigenvalue weighted by Gasteiger charge is 2.15. The zero-order valence-electron chi connectivity index (χ0n) is 10.1. The second-order valence-corrected chi connectivity index (χ2v) is 7.34. The molecule has 4 heteroatoms. The summed E-state index contributed by atoms with van der Waals surface area (Å²) in [7, 11) is 0. The van der Waals surface area contributed by atoms with Gasteiger partial charge in [-0.15, -0.1) is 11.3 Å². The molecule has 18 heavy (non-hydrogen) atoms. The minimum Gasteiger partial charge on any atom is -0.309 e. The Morgan fingerprint density at radius 2 is 2.00 bits per heavy atom. The van der Waals surface area contributed by atoms with E-state index in [4.69, 9.17) is 11.6 Å². The Kier molecular flexibility index (Phi) is 4.14. The highest BCUT2D eigenvalue weighted by Crippen LogP contribution is 2.35. The van der Waals surface area contributed by atoms with Crippen molar-refractivity contribution in [3.63, 3.8) is 0 Å². The molecule has 3 rings (SSSR count). The first-order valence-electron chi connectivity index (χ1n) is 6.31. The molecule has 1 aromatic heterocycles. The summed E-state index contributed by atoms with van der Waals surface area (Å²) >= 11 is 10.3. The van der Waals surface area contributed by atoms with Gasteiger partial charge in [-0.05, 0) is 30.4 Å². The highest BCUT2D eigenvalue weighted by molar-refractivity contribution is 7.99. The molecule has 2 heterocycles. The van der Waals surface area contributed by atoms with E-state index < -0.39 is 0 Å². The molecule has 1 nitrogen and oxygen atoms in total. The van der Waals surface area contributed by atoms with Gasteiger partial charge in [-0.2, -0.15) is 11.8 Å². The third kappa shape index (κ3) is 2.69. The SMILES string of the molecule is Clc1c(CNC2CCSCC2)sc2ccccc12. The summed E-state index contributed by atoms with van der Waals surface area (Å²) in [5, 5.41) is 5.79. The van der Waals surface area contributed by atoms with Crippen LogP contribution in [0.1, 0.15) is 17.7 Å². The van der Waals surface area contributed by atoms with E-state index in [2.05, 4.69) is 41.3 Å². The van der Waals surface area contributed by atoms with Gasteiger partial charge >= 0.3 is 0 Å². The van der Waals surface area contributed by atoms with E-state index >= 15 is 0 Å². The third-order valence-electron chi connectivity index (χ3n) is 3.37. The topological polar surface area (TPSA) is 12.0 Å². The highest BCUT2D eigenvalue weighted by atomic mass is 35.5. The van der Waals surface area contributed by atoms with E-state index in [1.54, 1.807) is 0 Å². The van der Waals surface area contributed by atoms with Crippen LogP contribution in [0.15, 0.2) is 24.3 Å². The van der Waals surface area contributed by atoms with Crippen molar-refractivity contribution in [1.82, 2.24) is 5.32 Å². The molecule has 1 saturated heterocycles. The molecule has 0 radical (unpaired) electrons. The van der Waals surface area contributed by atoms with E-state index in [9.17, 15) is 0 Å². The lowest BCUT2D eigenvalue weighted by Gasteiger charge is -2.22. The minimum absolute atomic E-state index is 0.674. The fraction of sp³-hybridized carbons (Fsp3) is 0.429. The number of benzene rings is 1. The Hall–Kier alpha value is -0.220. The first kappa shape index (κ1) is 12.8. The number of halogens is 1. The number of fused-ring (bicyclic) bond motifs is 1. The van der Waals surface area contributed by atoms with Crippen LogP contribution >= 0.6 is 34.7 Å². The van der Waals surface area contributed by atoms with Gasteiger partial charge in [-0.1, -0.05) is 29.8 Å². The second kappa shape index (κ2) is 5.83. The van der Waals surface area contributed by atoms with E-state index in [-0.39, 0.29) is 0 Å². The fourth-order valence-electron chi connectivity index (χ4n) is 2.32. The Balaban J connectivity index is 1.72. The Labute approximate surface area is 121 Å². The quantitative estimate of drug-likeness (QED) is 0.892. The molecule has 2 aromatic rings. The molecular weight excluding hydrogens is 282 g/mol. The van der Waals surface area contributed by atoms with Crippen LogP contribution in [0.2, 0.25) is 5.02 Å². The molecule has 1 aliphatic rings. The normalized spacial score (nSPS) is 17.4. The molecule has 0 saturated carbocycles. The van der Waals surface area contributed by atoms with Crippen molar-refractivity contribution in [2.45, 2.75) is 25.4 Å². The maximum atomic E-state index is 6.44. The van der Waals surface area contributed by atoms with Gasteiger partial charge in [0.05, 0.1) is 5.02 Å². The first-order valence-corrected chi connectivity index (χ1v) is 8.66. The molecule has 0 bridgehead atoms. The van der Waals surface area contributed by atoms with Gasteiger partial charge in [0, 0.05) is 27.5 Å². The van der Waals surface area contributed by atoms with Gasteiger partial charge in [0.1, 0.15) is 0 Å². The van der Waals surface area contributed by atoms with Crippen LogP contribution in [0, 0.1) is 0 Å². The molecule has 0 amide bonds. The van der Waals surface area contributed by atoms with Crippen molar-refractivity contribution in [2.24, 2.45) is 0 Å². The summed E-state index contributed by atoms with van der Waals surface area (Å²) in [6.45, 7) is 0.910. The molecular formula is C14H16ClNS2. The predicted octanol–water partition coefficient (Wildman–Crippen LogP) is 4.54. The van der Waals surface area contributed by atoms with Crippen molar-refractivity contribution in [1.29, 1.82) is 0 Å². The minimum atomic E-state index is 0.674. The van der Waals surface area contributed by atoms with Crippen LogP contribution < -0.4 is 5.32 Å². The molecule has 0 atom stereocenters. The Morgan fingerprint density at radius 1 is 1.22 bits per heavy atom. The van der Waals surface area contributed by atoms with E-state index in [1.165, 1.54) is 39.3 Å². The molecule has 0 spiro atoms. The van der Waals surface area contributed by atoms with Crippen molar-refractivity contribution in [3.05, 3.63) is 34.2 Å². The number of rotatable bonds is 3. The van der Waals surface area contributed by atoms with Gasteiger partial charge < -0.3 is 5.32 Å². The zero-order valence-corrected chi connectivity index (χ0v) is 12.5. The second-order valence-electron chi connectivity index (χ2n) is 4.60. The van der Waals surface area contributed by atoms with Crippen LogP contribution in [-0.4, -0.2) is 17.5 Å². The predicted molar refractivity (Wildman–Crippen MR) is 84.0 cm³/mol. The van der Waals surface area contributed by atoms with E-state index in [0.29, 0.717) is 6.04 Å². The van der Waals surface area contributed by atoms with Crippen LogP contribution in [0.3, 0.4) is 0 Å². The standard InChI is InChI=1S/C14H16ClNS2/c15-14-11-3-1-2-4-12(11)18-13(14)9-16-10-5-7-17-8-6-10/h1-4,10,16H,5-9H2. The molecule has 0 unspecified atom stereocenters. The number of hydrogen-bond donors (Lipinski definition) is 1. The van der Waals surface area contributed by atoms with Crippen molar-refractivity contribution >= 4 is 44.8 Å². The zero-order chi connectivity index (χ0) is 12.4. The number of thiophene rings is 1. The number of hydrogen-bond acceptors (Lipinski definition) is 3. The summed E-state index contributed by atoms with van der Waals surface area (Å²) in [5.74, 6) is 2.58. The maximum absolute atomic E-state index is 6.44. The summed E-state index contributed by atoms with van der Waals surface area (Å²) < 4.78 is 1.29. The summed E-state index contributed by atoms with van der Waals surface area (Å²) in [5.41, 5.74) is 0. The molecule has 1 aromatic carbocycles. The molecule has 96 valence electrons. The van der Waals surface area contributed by atoms with Crippen LogP contribution in [0.25, 0.3) is 10.1 Å². The molecule has 0 aliphatic carbocycles. The smallest absolute Gasteiger partial charge is 0.0636 e. The Bertz CT molecular complexity index is 532. The van der Waals surface area contributed by atoms with Crippen LogP contribution in [0.4, 0.5) is 0 Å².